The molecule has 4 rings (SSSR count). The molecule has 4 nitrogen and oxygen atoms in total. The van der Waals surface area contributed by atoms with Gasteiger partial charge in [-0.25, -0.2) is 0 Å². The van der Waals surface area contributed by atoms with Crippen molar-refractivity contribution in [3.63, 3.8) is 0 Å². The number of benzene rings is 1. The predicted molar refractivity (Wildman–Crippen MR) is 98.5 cm³/mol. The molecule has 1 unspecified atom stereocenters. The largest absolute Gasteiger partial charge is 0.371 e. The fourth-order valence-corrected chi connectivity index (χ4v) is 4.17. The van der Waals surface area contributed by atoms with Crippen molar-refractivity contribution in [2.45, 2.75) is 51.1 Å². The highest BCUT2D eigenvalue weighted by molar-refractivity contribution is 5.52. The van der Waals surface area contributed by atoms with E-state index in [2.05, 4.69) is 46.6 Å². The van der Waals surface area contributed by atoms with Crippen molar-refractivity contribution < 1.29 is 0 Å². The lowest BCUT2D eigenvalue weighted by Gasteiger charge is -2.35. The number of fused-ring (bicyclic) bond motifs is 1. The molecule has 2 aromatic rings. The lowest BCUT2D eigenvalue weighted by atomic mass is 10.0. The molecule has 1 aliphatic heterocycles. The molecule has 1 atom stereocenters. The van der Waals surface area contributed by atoms with E-state index in [1.54, 1.807) is 11.1 Å². The maximum absolute atomic E-state index is 4.28. The topological polar surface area (TPSA) is 33.1 Å². The van der Waals surface area contributed by atoms with Gasteiger partial charge in [0.2, 0.25) is 0 Å². The quantitative estimate of drug-likeness (QED) is 0.937. The summed E-state index contributed by atoms with van der Waals surface area (Å²) < 4.78 is 1.88. The van der Waals surface area contributed by atoms with Gasteiger partial charge >= 0.3 is 0 Å². The second-order valence-electron chi connectivity index (χ2n) is 7.40. The summed E-state index contributed by atoms with van der Waals surface area (Å²) in [5.41, 5.74) is 5.85. The first-order chi connectivity index (χ1) is 11.7. The van der Waals surface area contributed by atoms with Gasteiger partial charge in [0, 0.05) is 49.7 Å². The van der Waals surface area contributed by atoms with E-state index in [9.17, 15) is 0 Å². The minimum atomic E-state index is 0.371. The van der Waals surface area contributed by atoms with Gasteiger partial charge in [0.15, 0.2) is 0 Å². The van der Waals surface area contributed by atoms with Crippen molar-refractivity contribution in [1.82, 2.24) is 15.1 Å². The Bertz CT molecular complexity index is 697. The van der Waals surface area contributed by atoms with Crippen LogP contribution in [0.15, 0.2) is 30.6 Å². The van der Waals surface area contributed by atoms with Crippen molar-refractivity contribution in [3.05, 3.63) is 47.3 Å². The van der Waals surface area contributed by atoms with Crippen LogP contribution in [-0.4, -0.2) is 28.9 Å². The zero-order chi connectivity index (χ0) is 16.5. The summed E-state index contributed by atoms with van der Waals surface area (Å²) in [4.78, 5) is 2.56. The summed E-state index contributed by atoms with van der Waals surface area (Å²) in [6.45, 7) is 4.54. The number of hydrogen-bond donors (Lipinski definition) is 1. The fourth-order valence-electron chi connectivity index (χ4n) is 4.17. The van der Waals surface area contributed by atoms with Crippen molar-refractivity contribution in [1.29, 1.82) is 0 Å². The molecule has 1 aliphatic carbocycles. The Morgan fingerprint density at radius 3 is 2.71 bits per heavy atom. The Morgan fingerprint density at radius 1 is 1.17 bits per heavy atom. The number of hydrogen-bond acceptors (Lipinski definition) is 3. The van der Waals surface area contributed by atoms with Gasteiger partial charge in [-0.2, -0.15) is 5.10 Å². The smallest absolute Gasteiger partial charge is 0.0537 e. The Hall–Kier alpha value is -1.81. The molecule has 1 N–H and O–H groups in total. The number of nitrogens with zero attached hydrogens (tertiary/aromatic N) is 3. The molecule has 1 aromatic carbocycles. The summed E-state index contributed by atoms with van der Waals surface area (Å²) in [5, 5.41) is 8.06. The zero-order valence-electron chi connectivity index (χ0n) is 14.8. The Labute approximate surface area is 144 Å². The summed E-state index contributed by atoms with van der Waals surface area (Å²) in [6, 6.07) is 8.10. The number of piperidine rings is 1. The average Bonchev–Trinajstić information content (AvgIpc) is 3.23. The lowest BCUT2D eigenvalue weighted by molar-refractivity contribution is 0.381. The molecule has 0 bridgehead atoms. The second kappa shape index (κ2) is 6.60. The van der Waals surface area contributed by atoms with Gasteiger partial charge in [-0.15, -0.1) is 0 Å². The van der Waals surface area contributed by atoms with Crippen LogP contribution in [0.5, 0.6) is 0 Å². The van der Waals surface area contributed by atoms with Gasteiger partial charge in [0.1, 0.15) is 0 Å². The minimum absolute atomic E-state index is 0.371. The van der Waals surface area contributed by atoms with Crippen LogP contribution < -0.4 is 10.2 Å². The molecular weight excluding hydrogens is 296 g/mol. The van der Waals surface area contributed by atoms with E-state index < -0.39 is 0 Å². The van der Waals surface area contributed by atoms with Gasteiger partial charge in [-0.1, -0.05) is 6.07 Å². The van der Waals surface area contributed by atoms with E-state index in [0.29, 0.717) is 12.1 Å². The summed E-state index contributed by atoms with van der Waals surface area (Å²) >= 11 is 0. The molecule has 1 saturated heterocycles. The molecule has 2 aliphatic rings. The Kier molecular flexibility index (Phi) is 4.31. The zero-order valence-corrected chi connectivity index (χ0v) is 14.8. The van der Waals surface area contributed by atoms with E-state index in [1.165, 1.54) is 43.4 Å². The third-order valence-electron chi connectivity index (χ3n) is 5.65. The minimum Gasteiger partial charge on any atom is -0.371 e. The van der Waals surface area contributed by atoms with Gasteiger partial charge in [0.25, 0.3) is 0 Å². The van der Waals surface area contributed by atoms with Crippen molar-refractivity contribution >= 4 is 5.69 Å². The molecule has 1 aromatic heterocycles. The number of rotatable bonds is 4. The monoisotopic (exact) mass is 324 g/mol. The summed E-state index contributed by atoms with van der Waals surface area (Å²) in [5.74, 6) is 0. The fraction of sp³-hybridized carbons (Fsp3) is 0.550. The highest BCUT2D eigenvalue weighted by Crippen LogP contribution is 2.28. The third kappa shape index (κ3) is 3.20. The molecule has 24 heavy (non-hydrogen) atoms. The third-order valence-corrected chi connectivity index (χ3v) is 5.65. The molecule has 128 valence electrons. The van der Waals surface area contributed by atoms with Crippen molar-refractivity contribution in [3.8, 4) is 0 Å². The molecule has 0 radical (unpaired) electrons. The van der Waals surface area contributed by atoms with Gasteiger partial charge < -0.3 is 10.2 Å². The first-order valence-electron chi connectivity index (χ1n) is 9.30. The lowest BCUT2D eigenvalue weighted by Crippen LogP contribution is -2.43. The molecule has 0 saturated carbocycles. The van der Waals surface area contributed by atoms with Crippen LogP contribution in [0, 0.1) is 0 Å². The highest BCUT2D eigenvalue weighted by atomic mass is 15.2. The molecule has 0 spiro atoms. The normalized spacial score (nSPS) is 19.5. The Morgan fingerprint density at radius 2 is 1.96 bits per heavy atom. The van der Waals surface area contributed by atoms with Crippen LogP contribution >= 0.6 is 0 Å². The first kappa shape index (κ1) is 15.7. The van der Waals surface area contributed by atoms with Crippen LogP contribution in [0.25, 0.3) is 0 Å². The van der Waals surface area contributed by atoms with Crippen LogP contribution in [0.2, 0.25) is 0 Å². The molecule has 1 fully saturated rings. The number of anilines is 1. The predicted octanol–water partition coefficient (Wildman–Crippen LogP) is 3.23. The van der Waals surface area contributed by atoms with E-state index in [1.807, 2.05) is 17.9 Å². The summed E-state index contributed by atoms with van der Waals surface area (Å²) in [7, 11) is 1.98. The maximum atomic E-state index is 4.28. The number of aryl methyl sites for hydroxylation is 3. The summed E-state index contributed by atoms with van der Waals surface area (Å²) in [6.07, 6.45) is 10.4. The molecule has 2 heterocycles. The van der Waals surface area contributed by atoms with Crippen LogP contribution in [0.1, 0.15) is 48.9 Å². The van der Waals surface area contributed by atoms with E-state index >= 15 is 0 Å². The standard InChI is InChI=1S/C20H28N4/c1-15(18-13-21-23(2)14-18)22-19-8-10-24(11-9-19)20-7-6-16-4-3-5-17(16)12-20/h6-7,12-15,19,22H,3-5,8-11H2,1-2H3. The van der Waals surface area contributed by atoms with E-state index in [-0.39, 0.29) is 0 Å². The van der Waals surface area contributed by atoms with E-state index in [0.717, 1.165) is 13.1 Å². The molecular formula is C20H28N4. The van der Waals surface area contributed by atoms with E-state index in [4.69, 9.17) is 0 Å². The number of aromatic nitrogens is 2. The highest BCUT2D eigenvalue weighted by Gasteiger charge is 2.22. The maximum Gasteiger partial charge on any atom is 0.0537 e. The first-order valence-corrected chi connectivity index (χ1v) is 9.30. The second-order valence-corrected chi connectivity index (χ2v) is 7.40. The van der Waals surface area contributed by atoms with Crippen molar-refractivity contribution in [2.24, 2.45) is 7.05 Å². The van der Waals surface area contributed by atoms with Crippen LogP contribution in [0.4, 0.5) is 5.69 Å². The molecule has 4 heteroatoms. The number of nitrogens with one attached hydrogen (secondary N) is 1. The average molecular weight is 324 g/mol. The van der Waals surface area contributed by atoms with Crippen molar-refractivity contribution in [2.75, 3.05) is 18.0 Å². The SMILES string of the molecule is CC(NC1CCN(c2ccc3c(c2)CCC3)CC1)c1cnn(C)c1. The van der Waals surface area contributed by atoms with Crippen LogP contribution in [0.3, 0.4) is 0 Å². The van der Waals surface area contributed by atoms with Gasteiger partial charge in [-0.3, -0.25) is 4.68 Å². The van der Waals surface area contributed by atoms with Crippen LogP contribution in [-0.2, 0) is 19.9 Å². The van der Waals surface area contributed by atoms with Gasteiger partial charge in [-0.05, 0) is 62.3 Å². The Balaban J connectivity index is 1.33. The molecule has 0 amide bonds. The van der Waals surface area contributed by atoms with Gasteiger partial charge in [0.05, 0.1) is 6.20 Å².